The van der Waals surface area contributed by atoms with Gasteiger partial charge in [-0.15, -0.1) is 0 Å². The molecule has 1 aliphatic rings. The average molecular weight is 339 g/mol. The van der Waals surface area contributed by atoms with Crippen LogP contribution in [0.1, 0.15) is 29.8 Å². The molecule has 1 aromatic heterocycles. The second-order valence-electron chi connectivity index (χ2n) is 6.66. The van der Waals surface area contributed by atoms with Gasteiger partial charge in [-0.1, -0.05) is 30.3 Å². The SMILES string of the molecule is CN(C)CCCNc1cc(C(=O)NC2CC2)nc(-c2ccccc2)n1. The van der Waals surface area contributed by atoms with Gasteiger partial charge in [0, 0.05) is 24.2 Å². The number of anilines is 1. The summed E-state index contributed by atoms with van der Waals surface area (Å²) in [5.74, 6) is 1.13. The molecule has 2 N–H and O–H groups in total. The standard InChI is InChI=1S/C19H25N5O/c1-24(2)12-6-11-20-17-13-16(19(25)21-15-9-10-15)22-18(23-17)14-7-4-3-5-8-14/h3-5,7-8,13,15H,6,9-12H2,1-2H3,(H,21,25)(H,20,22,23). The summed E-state index contributed by atoms with van der Waals surface area (Å²) in [6.07, 6.45) is 3.11. The maximum absolute atomic E-state index is 12.4. The number of hydrogen-bond donors (Lipinski definition) is 2. The van der Waals surface area contributed by atoms with Crippen molar-refractivity contribution >= 4 is 11.7 Å². The molecule has 1 fully saturated rings. The fourth-order valence-corrected chi connectivity index (χ4v) is 2.47. The van der Waals surface area contributed by atoms with Gasteiger partial charge in [0.25, 0.3) is 5.91 Å². The number of amides is 1. The summed E-state index contributed by atoms with van der Waals surface area (Å²) < 4.78 is 0. The number of hydrogen-bond acceptors (Lipinski definition) is 5. The van der Waals surface area contributed by atoms with Crippen LogP contribution in [-0.4, -0.2) is 54.0 Å². The van der Waals surface area contributed by atoms with Crippen LogP contribution in [0.25, 0.3) is 11.4 Å². The van der Waals surface area contributed by atoms with Gasteiger partial charge in [-0.25, -0.2) is 9.97 Å². The number of nitrogens with zero attached hydrogens (tertiary/aromatic N) is 3. The quantitative estimate of drug-likeness (QED) is 0.723. The van der Waals surface area contributed by atoms with Gasteiger partial charge in [0.15, 0.2) is 5.82 Å². The van der Waals surface area contributed by atoms with E-state index in [1.165, 1.54) is 0 Å². The summed E-state index contributed by atoms with van der Waals surface area (Å²) >= 11 is 0. The van der Waals surface area contributed by atoms with E-state index >= 15 is 0 Å². The molecule has 0 aliphatic heterocycles. The molecule has 0 spiro atoms. The Morgan fingerprint density at radius 2 is 1.96 bits per heavy atom. The Kier molecular flexibility index (Phi) is 5.60. The molecular formula is C19H25N5O. The van der Waals surface area contributed by atoms with Crippen molar-refractivity contribution in [2.24, 2.45) is 0 Å². The molecule has 0 bridgehead atoms. The van der Waals surface area contributed by atoms with E-state index in [0.29, 0.717) is 23.4 Å². The molecule has 0 radical (unpaired) electrons. The second-order valence-corrected chi connectivity index (χ2v) is 6.66. The highest BCUT2D eigenvalue weighted by atomic mass is 16.2. The second kappa shape index (κ2) is 8.07. The average Bonchev–Trinajstić information content (AvgIpc) is 3.43. The third-order valence-electron chi connectivity index (χ3n) is 3.99. The number of aromatic nitrogens is 2. The van der Waals surface area contributed by atoms with Gasteiger partial charge >= 0.3 is 0 Å². The van der Waals surface area contributed by atoms with E-state index in [4.69, 9.17) is 0 Å². The number of rotatable bonds is 8. The van der Waals surface area contributed by atoms with Crippen LogP contribution < -0.4 is 10.6 Å². The first-order valence-electron chi connectivity index (χ1n) is 8.76. The summed E-state index contributed by atoms with van der Waals surface area (Å²) in [6.45, 7) is 1.80. The summed E-state index contributed by atoms with van der Waals surface area (Å²) in [4.78, 5) is 23.6. The maximum atomic E-state index is 12.4. The molecule has 1 amide bonds. The van der Waals surface area contributed by atoms with E-state index in [2.05, 4.69) is 39.6 Å². The molecule has 0 unspecified atom stereocenters. The van der Waals surface area contributed by atoms with Crippen molar-refractivity contribution in [1.29, 1.82) is 0 Å². The van der Waals surface area contributed by atoms with Crippen LogP contribution in [0.3, 0.4) is 0 Å². The molecular weight excluding hydrogens is 314 g/mol. The van der Waals surface area contributed by atoms with Crippen molar-refractivity contribution in [2.45, 2.75) is 25.3 Å². The minimum atomic E-state index is -0.126. The summed E-state index contributed by atoms with van der Waals surface area (Å²) in [6, 6.07) is 11.8. The molecule has 0 saturated heterocycles. The van der Waals surface area contributed by atoms with E-state index < -0.39 is 0 Å². The first kappa shape index (κ1) is 17.4. The zero-order chi connectivity index (χ0) is 17.6. The molecule has 6 nitrogen and oxygen atoms in total. The van der Waals surface area contributed by atoms with Gasteiger partial charge in [0.1, 0.15) is 11.5 Å². The molecule has 0 atom stereocenters. The van der Waals surface area contributed by atoms with Crippen LogP contribution >= 0.6 is 0 Å². The minimum absolute atomic E-state index is 0.126. The Balaban J connectivity index is 1.78. The maximum Gasteiger partial charge on any atom is 0.270 e. The highest BCUT2D eigenvalue weighted by molar-refractivity contribution is 5.93. The summed E-state index contributed by atoms with van der Waals surface area (Å²) in [5, 5.41) is 6.31. The topological polar surface area (TPSA) is 70.2 Å². The van der Waals surface area contributed by atoms with Crippen LogP contribution in [0, 0.1) is 0 Å². The number of carbonyl (C=O) groups is 1. The van der Waals surface area contributed by atoms with E-state index in [0.717, 1.165) is 37.9 Å². The molecule has 1 heterocycles. The lowest BCUT2D eigenvalue weighted by atomic mass is 10.2. The summed E-state index contributed by atoms with van der Waals surface area (Å²) in [5.41, 5.74) is 1.32. The van der Waals surface area contributed by atoms with Crippen molar-refractivity contribution in [3.05, 3.63) is 42.1 Å². The van der Waals surface area contributed by atoms with Crippen LogP contribution in [-0.2, 0) is 0 Å². The van der Waals surface area contributed by atoms with Crippen LogP contribution in [0.2, 0.25) is 0 Å². The smallest absolute Gasteiger partial charge is 0.270 e. The van der Waals surface area contributed by atoms with Gasteiger partial charge in [0.2, 0.25) is 0 Å². The van der Waals surface area contributed by atoms with Gasteiger partial charge < -0.3 is 15.5 Å². The zero-order valence-corrected chi connectivity index (χ0v) is 14.8. The van der Waals surface area contributed by atoms with Crippen LogP contribution in [0.5, 0.6) is 0 Å². The molecule has 1 saturated carbocycles. The lowest BCUT2D eigenvalue weighted by Gasteiger charge is -2.12. The van der Waals surface area contributed by atoms with Crippen molar-refractivity contribution in [3.63, 3.8) is 0 Å². The van der Waals surface area contributed by atoms with Gasteiger partial charge in [-0.2, -0.15) is 0 Å². The fourth-order valence-electron chi connectivity index (χ4n) is 2.47. The Morgan fingerprint density at radius 1 is 1.20 bits per heavy atom. The van der Waals surface area contributed by atoms with Gasteiger partial charge in [-0.3, -0.25) is 4.79 Å². The monoisotopic (exact) mass is 339 g/mol. The van der Waals surface area contributed by atoms with E-state index in [-0.39, 0.29) is 5.91 Å². The molecule has 3 rings (SSSR count). The first-order chi connectivity index (χ1) is 12.1. The largest absolute Gasteiger partial charge is 0.370 e. The zero-order valence-electron chi connectivity index (χ0n) is 14.8. The molecule has 1 aromatic carbocycles. The fraction of sp³-hybridized carbons (Fsp3) is 0.421. The van der Waals surface area contributed by atoms with Crippen molar-refractivity contribution < 1.29 is 4.79 Å². The molecule has 6 heteroatoms. The summed E-state index contributed by atoms with van der Waals surface area (Å²) in [7, 11) is 4.11. The Bertz CT molecular complexity index is 713. The first-order valence-corrected chi connectivity index (χ1v) is 8.76. The Morgan fingerprint density at radius 3 is 2.64 bits per heavy atom. The van der Waals surface area contributed by atoms with Gasteiger partial charge in [-0.05, 0) is 39.9 Å². The molecule has 2 aromatic rings. The van der Waals surface area contributed by atoms with E-state index in [1.807, 2.05) is 30.3 Å². The predicted molar refractivity (Wildman–Crippen MR) is 99.6 cm³/mol. The third-order valence-corrected chi connectivity index (χ3v) is 3.99. The highest BCUT2D eigenvalue weighted by Gasteiger charge is 2.25. The van der Waals surface area contributed by atoms with Crippen molar-refractivity contribution in [1.82, 2.24) is 20.2 Å². The molecule has 25 heavy (non-hydrogen) atoms. The van der Waals surface area contributed by atoms with Gasteiger partial charge in [0.05, 0.1) is 0 Å². The molecule has 1 aliphatic carbocycles. The Labute approximate surface area is 148 Å². The van der Waals surface area contributed by atoms with E-state index in [9.17, 15) is 4.79 Å². The normalized spacial score (nSPS) is 13.7. The van der Waals surface area contributed by atoms with Crippen LogP contribution in [0.4, 0.5) is 5.82 Å². The van der Waals surface area contributed by atoms with Crippen molar-refractivity contribution in [2.75, 3.05) is 32.5 Å². The predicted octanol–water partition coefficient (Wildman–Crippen LogP) is 2.40. The van der Waals surface area contributed by atoms with Crippen LogP contribution in [0.15, 0.2) is 36.4 Å². The third kappa shape index (κ3) is 5.26. The highest BCUT2D eigenvalue weighted by Crippen LogP contribution is 2.21. The number of carbonyl (C=O) groups excluding carboxylic acids is 1. The number of benzene rings is 1. The number of nitrogens with one attached hydrogen (secondary N) is 2. The van der Waals surface area contributed by atoms with Crippen molar-refractivity contribution in [3.8, 4) is 11.4 Å². The molecule has 132 valence electrons. The Hall–Kier alpha value is -2.47. The lowest BCUT2D eigenvalue weighted by molar-refractivity contribution is 0.0946. The minimum Gasteiger partial charge on any atom is -0.370 e. The lowest BCUT2D eigenvalue weighted by Crippen LogP contribution is -2.26. The van der Waals surface area contributed by atoms with E-state index in [1.54, 1.807) is 6.07 Å².